The normalized spacial score (nSPS) is 34.7. The SMILES string of the molecule is CCOC(=O)C1CCC(NC2CCCCC2OC)CC1. The molecule has 0 radical (unpaired) electrons. The fraction of sp³-hybridized carbons (Fsp3) is 0.938. The standard InChI is InChI=1S/C16H29NO3/c1-3-20-16(18)12-8-10-13(11-9-12)17-14-6-4-5-7-15(14)19-2/h12-15,17H,3-11H2,1-2H3. The minimum atomic E-state index is -0.00150. The van der Waals surface area contributed by atoms with Gasteiger partial charge >= 0.3 is 5.97 Å². The average molecular weight is 283 g/mol. The molecule has 2 aliphatic rings. The first-order valence-corrected chi connectivity index (χ1v) is 8.20. The zero-order valence-electron chi connectivity index (χ0n) is 12.9. The molecule has 0 spiro atoms. The first-order chi connectivity index (χ1) is 9.74. The van der Waals surface area contributed by atoms with Gasteiger partial charge in [0.25, 0.3) is 0 Å². The van der Waals surface area contributed by atoms with Crippen LogP contribution >= 0.6 is 0 Å². The number of rotatable bonds is 5. The van der Waals surface area contributed by atoms with Gasteiger partial charge in [0, 0.05) is 19.2 Å². The van der Waals surface area contributed by atoms with E-state index in [1.165, 1.54) is 25.7 Å². The second-order valence-corrected chi connectivity index (χ2v) is 6.13. The van der Waals surface area contributed by atoms with Gasteiger partial charge in [0.05, 0.1) is 18.6 Å². The van der Waals surface area contributed by atoms with Crippen LogP contribution in [0.25, 0.3) is 0 Å². The number of ether oxygens (including phenoxy) is 2. The second-order valence-electron chi connectivity index (χ2n) is 6.13. The van der Waals surface area contributed by atoms with E-state index in [0.717, 1.165) is 25.7 Å². The zero-order valence-corrected chi connectivity index (χ0v) is 12.9. The van der Waals surface area contributed by atoms with Gasteiger partial charge in [0.15, 0.2) is 0 Å². The maximum atomic E-state index is 11.7. The van der Waals surface area contributed by atoms with E-state index in [1.807, 2.05) is 14.0 Å². The van der Waals surface area contributed by atoms with Crippen LogP contribution in [0.15, 0.2) is 0 Å². The maximum absolute atomic E-state index is 11.7. The molecule has 20 heavy (non-hydrogen) atoms. The summed E-state index contributed by atoms with van der Waals surface area (Å²) in [5.74, 6) is 0.121. The van der Waals surface area contributed by atoms with Gasteiger partial charge in [-0.1, -0.05) is 12.8 Å². The monoisotopic (exact) mass is 283 g/mol. The second kappa shape index (κ2) is 7.99. The summed E-state index contributed by atoms with van der Waals surface area (Å²) in [6, 6.07) is 1.04. The van der Waals surface area contributed by atoms with Crippen LogP contribution in [-0.4, -0.2) is 37.9 Å². The Morgan fingerprint density at radius 3 is 2.45 bits per heavy atom. The fourth-order valence-electron chi connectivity index (χ4n) is 3.63. The van der Waals surface area contributed by atoms with Crippen LogP contribution in [-0.2, 0) is 14.3 Å². The van der Waals surface area contributed by atoms with Gasteiger partial charge in [-0.05, 0) is 45.4 Å². The predicted octanol–water partition coefficient (Wildman–Crippen LogP) is 2.66. The van der Waals surface area contributed by atoms with Crippen LogP contribution in [0.2, 0.25) is 0 Å². The van der Waals surface area contributed by atoms with Crippen LogP contribution in [0, 0.1) is 5.92 Å². The van der Waals surface area contributed by atoms with Crippen LogP contribution < -0.4 is 5.32 Å². The summed E-state index contributed by atoms with van der Waals surface area (Å²) in [5, 5.41) is 3.77. The summed E-state index contributed by atoms with van der Waals surface area (Å²) >= 11 is 0. The summed E-state index contributed by atoms with van der Waals surface area (Å²) < 4.78 is 10.7. The molecule has 2 unspecified atom stereocenters. The van der Waals surface area contributed by atoms with E-state index < -0.39 is 0 Å². The van der Waals surface area contributed by atoms with Gasteiger partial charge in [-0.2, -0.15) is 0 Å². The molecule has 2 rings (SSSR count). The molecule has 0 saturated heterocycles. The van der Waals surface area contributed by atoms with E-state index in [-0.39, 0.29) is 11.9 Å². The molecule has 0 aromatic heterocycles. The predicted molar refractivity (Wildman–Crippen MR) is 78.6 cm³/mol. The quantitative estimate of drug-likeness (QED) is 0.788. The molecule has 1 N–H and O–H groups in total. The lowest BCUT2D eigenvalue weighted by Gasteiger charge is -2.36. The smallest absolute Gasteiger partial charge is 0.308 e. The van der Waals surface area contributed by atoms with E-state index in [1.54, 1.807) is 0 Å². The Labute approximate surface area is 122 Å². The topological polar surface area (TPSA) is 47.6 Å². The van der Waals surface area contributed by atoms with Crippen molar-refractivity contribution >= 4 is 5.97 Å². The first kappa shape index (κ1) is 15.8. The molecule has 0 aromatic rings. The van der Waals surface area contributed by atoms with Gasteiger partial charge in [-0.3, -0.25) is 4.79 Å². The van der Waals surface area contributed by atoms with E-state index >= 15 is 0 Å². The molecule has 0 aromatic carbocycles. The molecule has 0 aliphatic heterocycles. The lowest BCUT2D eigenvalue weighted by Crippen LogP contribution is -2.49. The summed E-state index contributed by atoms with van der Waals surface area (Å²) in [6.07, 6.45) is 9.42. The van der Waals surface area contributed by atoms with Crippen molar-refractivity contribution in [2.75, 3.05) is 13.7 Å². The third-order valence-electron chi connectivity index (χ3n) is 4.80. The highest BCUT2D eigenvalue weighted by Crippen LogP contribution is 2.28. The number of hydrogen-bond donors (Lipinski definition) is 1. The molecule has 116 valence electrons. The number of carbonyl (C=O) groups excluding carboxylic acids is 1. The summed E-state index contributed by atoms with van der Waals surface area (Å²) in [7, 11) is 1.82. The van der Waals surface area contributed by atoms with Crippen LogP contribution in [0.4, 0.5) is 0 Å². The largest absolute Gasteiger partial charge is 0.466 e. The maximum Gasteiger partial charge on any atom is 0.308 e. The van der Waals surface area contributed by atoms with E-state index in [4.69, 9.17) is 9.47 Å². The van der Waals surface area contributed by atoms with E-state index in [2.05, 4.69) is 5.32 Å². The van der Waals surface area contributed by atoms with E-state index in [9.17, 15) is 4.79 Å². The highest BCUT2D eigenvalue weighted by molar-refractivity contribution is 5.72. The highest BCUT2D eigenvalue weighted by atomic mass is 16.5. The minimum Gasteiger partial charge on any atom is -0.466 e. The minimum absolute atomic E-state index is 0.00150. The Balaban J connectivity index is 1.74. The summed E-state index contributed by atoms with van der Waals surface area (Å²) in [4.78, 5) is 11.7. The van der Waals surface area contributed by atoms with Crippen molar-refractivity contribution in [3.63, 3.8) is 0 Å². The van der Waals surface area contributed by atoms with Crippen molar-refractivity contribution in [2.45, 2.75) is 76.5 Å². The van der Waals surface area contributed by atoms with Crippen molar-refractivity contribution in [3.8, 4) is 0 Å². The Morgan fingerprint density at radius 1 is 1.10 bits per heavy atom. The lowest BCUT2D eigenvalue weighted by molar-refractivity contribution is -0.149. The Hall–Kier alpha value is -0.610. The molecule has 0 heterocycles. The number of hydrogen-bond acceptors (Lipinski definition) is 4. The Morgan fingerprint density at radius 2 is 1.80 bits per heavy atom. The molecule has 4 heteroatoms. The van der Waals surface area contributed by atoms with Gasteiger partial charge in [-0.15, -0.1) is 0 Å². The third-order valence-corrected chi connectivity index (χ3v) is 4.80. The van der Waals surface area contributed by atoms with Crippen molar-refractivity contribution in [2.24, 2.45) is 5.92 Å². The van der Waals surface area contributed by atoms with Crippen LogP contribution in [0.3, 0.4) is 0 Å². The van der Waals surface area contributed by atoms with Crippen molar-refractivity contribution in [1.82, 2.24) is 5.32 Å². The Bertz CT molecular complexity index is 300. The van der Waals surface area contributed by atoms with Crippen LogP contribution in [0.5, 0.6) is 0 Å². The third kappa shape index (κ3) is 4.19. The molecule has 2 fully saturated rings. The van der Waals surface area contributed by atoms with Crippen molar-refractivity contribution in [1.29, 1.82) is 0 Å². The number of carbonyl (C=O) groups is 1. The highest BCUT2D eigenvalue weighted by Gasteiger charge is 2.31. The summed E-state index contributed by atoms with van der Waals surface area (Å²) in [5.41, 5.74) is 0. The van der Waals surface area contributed by atoms with Gasteiger partial charge in [0.1, 0.15) is 0 Å². The molecule has 2 atom stereocenters. The molecule has 2 aliphatic carbocycles. The van der Waals surface area contributed by atoms with Gasteiger partial charge < -0.3 is 14.8 Å². The van der Waals surface area contributed by atoms with Gasteiger partial charge in [0.2, 0.25) is 0 Å². The molecule has 4 nitrogen and oxygen atoms in total. The van der Waals surface area contributed by atoms with Crippen LogP contribution in [0.1, 0.15) is 58.3 Å². The van der Waals surface area contributed by atoms with Crippen molar-refractivity contribution in [3.05, 3.63) is 0 Å². The molecule has 0 amide bonds. The zero-order chi connectivity index (χ0) is 14.4. The lowest BCUT2D eigenvalue weighted by atomic mass is 9.84. The molecular formula is C16H29NO3. The summed E-state index contributed by atoms with van der Waals surface area (Å²) in [6.45, 7) is 2.37. The number of nitrogens with one attached hydrogen (secondary N) is 1. The van der Waals surface area contributed by atoms with E-state index in [0.29, 0.717) is 24.8 Å². The molecule has 0 bridgehead atoms. The number of methoxy groups -OCH3 is 1. The van der Waals surface area contributed by atoms with Gasteiger partial charge in [-0.25, -0.2) is 0 Å². The number of esters is 1. The average Bonchev–Trinajstić information content (AvgIpc) is 2.49. The van der Waals surface area contributed by atoms with Crippen molar-refractivity contribution < 1.29 is 14.3 Å². The fourth-order valence-corrected chi connectivity index (χ4v) is 3.63. The molecule has 2 saturated carbocycles. The Kier molecular flexibility index (Phi) is 6.30. The first-order valence-electron chi connectivity index (χ1n) is 8.20. The molecular weight excluding hydrogens is 254 g/mol.